The minimum Gasteiger partial charge on any atom is -0.421 e. The van der Waals surface area contributed by atoms with Crippen molar-refractivity contribution in [2.45, 2.75) is 6.92 Å². The fourth-order valence-electron chi connectivity index (χ4n) is 2.89. The van der Waals surface area contributed by atoms with Gasteiger partial charge in [0.2, 0.25) is 0 Å². The zero-order chi connectivity index (χ0) is 23.4. The molecule has 0 saturated carbocycles. The predicted molar refractivity (Wildman–Crippen MR) is 115 cm³/mol. The van der Waals surface area contributed by atoms with Gasteiger partial charge in [-0.2, -0.15) is 0 Å². The maximum Gasteiger partial charge on any atom is 0.343 e. The van der Waals surface area contributed by atoms with Crippen LogP contribution in [-0.2, 0) is 0 Å². The molecule has 10 nitrogen and oxygen atoms in total. The van der Waals surface area contributed by atoms with Crippen molar-refractivity contribution in [3.63, 3.8) is 0 Å². The van der Waals surface area contributed by atoms with Crippen molar-refractivity contribution >= 4 is 28.9 Å². The topological polar surface area (TPSA) is 133 Å². The molecule has 3 rings (SSSR count). The van der Waals surface area contributed by atoms with Crippen molar-refractivity contribution in [2.24, 2.45) is 0 Å². The first kappa shape index (κ1) is 22.1. The second-order valence-corrected chi connectivity index (χ2v) is 6.83. The van der Waals surface area contributed by atoms with Crippen LogP contribution in [0.25, 0.3) is 0 Å². The predicted octanol–water partition coefficient (Wildman–Crippen LogP) is 4.31. The van der Waals surface area contributed by atoms with E-state index in [0.717, 1.165) is 5.56 Å². The number of nitro groups is 2. The van der Waals surface area contributed by atoms with Crippen LogP contribution in [-0.4, -0.2) is 28.8 Å². The summed E-state index contributed by atoms with van der Waals surface area (Å²) < 4.78 is 5.48. The number of nitro benzene ring substituents is 2. The molecule has 0 spiro atoms. The van der Waals surface area contributed by atoms with Crippen molar-refractivity contribution < 1.29 is 24.2 Å². The Morgan fingerprint density at radius 3 is 1.81 bits per heavy atom. The van der Waals surface area contributed by atoms with Crippen LogP contribution >= 0.6 is 0 Å². The second kappa shape index (κ2) is 9.04. The van der Waals surface area contributed by atoms with E-state index in [2.05, 4.69) is 0 Å². The first-order valence-corrected chi connectivity index (χ1v) is 9.27. The molecule has 10 heteroatoms. The van der Waals surface area contributed by atoms with E-state index >= 15 is 0 Å². The van der Waals surface area contributed by atoms with E-state index in [4.69, 9.17) is 4.74 Å². The lowest BCUT2D eigenvalue weighted by Gasteiger charge is -2.21. The van der Waals surface area contributed by atoms with E-state index < -0.39 is 21.7 Å². The molecule has 0 aliphatic rings. The van der Waals surface area contributed by atoms with E-state index in [1.165, 1.54) is 60.5 Å². The molecule has 0 aromatic heterocycles. The van der Waals surface area contributed by atoms with Gasteiger partial charge in [0.05, 0.1) is 21.1 Å². The summed E-state index contributed by atoms with van der Waals surface area (Å²) in [6.45, 7) is 1.78. The van der Waals surface area contributed by atoms with E-state index in [0.29, 0.717) is 5.69 Å². The number of carbonyl (C=O) groups is 2. The molecule has 0 fully saturated rings. The van der Waals surface area contributed by atoms with Gasteiger partial charge in [0.15, 0.2) is 5.75 Å². The smallest absolute Gasteiger partial charge is 0.343 e. The largest absolute Gasteiger partial charge is 0.421 e. The average molecular weight is 435 g/mol. The van der Waals surface area contributed by atoms with Crippen molar-refractivity contribution in [2.75, 3.05) is 11.9 Å². The number of anilines is 1. The lowest BCUT2D eigenvalue weighted by Crippen LogP contribution is -2.27. The van der Waals surface area contributed by atoms with Crippen LogP contribution in [0.15, 0.2) is 66.7 Å². The highest BCUT2D eigenvalue weighted by molar-refractivity contribution is 6.07. The molecule has 0 atom stereocenters. The van der Waals surface area contributed by atoms with Gasteiger partial charge in [-0.25, -0.2) is 4.79 Å². The minimum absolute atomic E-state index is 0.104. The standard InChI is InChI=1S/C22H17N3O7/c1-14-3-12-19(23(2)21(26)15-4-8-17(9-5-15)24(28)29)20(13-14)32-22(27)16-6-10-18(11-7-16)25(30)31/h3-13H,1-2H3. The maximum absolute atomic E-state index is 12.9. The number of non-ortho nitro benzene ring substituents is 2. The summed E-state index contributed by atoms with van der Waals surface area (Å²) in [7, 11) is 1.48. The van der Waals surface area contributed by atoms with E-state index in [1.54, 1.807) is 25.1 Å². The number of carbonyl (C=O) groups excluding carboxylic acids is 2. The molecule has 0 saturated heterocycles. The zero-order valence-corrected chi connectivity index (χ0v) is 17.1. The number of nitrogens with zero attached hydrogens (tertiary/aromatic N) is 3. The fourth-order valence-corrected chi connectivity index (χ4v) is 2.89. The lowest BCUT2D eigenvalue weighted by molar-refractivity contribution is -0.385. The van der Waals surface area contributed by atoms with Crippen molar-refractivity contribution in [1.29, 1.82) is 0 Å². The van der Waals surface area contributed by atoms with E-state index in [9.17, 15) is 29.8 Å². The Bertz CT molecular complexity index is 1210. The average Bonchev–Trinajstić information content (AvgIpc) is 2.78. The van der Waals surface area contributed by atoms with Gasteiger partial charge in [-0.05, 0) is 48.9 Å². The summed E-state index contributed by atoms with van der Waals surface area (Å²) in [6, 6.07) is 15.0. The Morgan fingerprint density at radius 2 is 1.31 bits per heavy atom. The molecular weight excluding hydrogens is 418 g/mol. The molecule has 0 aliphatic carbocycles. The molecule has 0 unspecified atom stereocenters. The molecule has 0 bridgehead atoms. The minimum atomic E-state index is -0.747. The zero-order valence-electron chi connectivity index (χ0n) is 17.1. The second-order valence-electron chi connectivity index (χ2n) is 6.83. The van der Waals surface area contributed by atoms with Gasteiger partial charge in [-0.15, -0.1) is 0 Å². The molecule has 0 aliphatic heterocycles. The van der Waals surface area contributed by atoms with E-state index in [-0.39, 0.29) is 28.3 Å². The van der Waals surface area contributed by atoms with E-state index in [1.807, 2.05) is 0 Å². The van der Waals surface area contributed by atoms with Crippen LogP contribution in [0.1, 0.15) is 26.3 Å². The summed E-state index contributed by atoms with van der Waals surface area (Å²) >= 11 is 0. The summed E-state index contributed by atoms with van der Waals surface area (Å²) in [4.78, 5) is 47.2. The Labute approximate surface area is 182 Å². The van der Waals surface area contributed by atoms with Gasteiger partial charge in [0, 0.05) is 36.9 Å². The number of benzene rings is 3. The molecule has 162 valence electrons. The first-order valence-electron chi connectivity index (χ1n) is 9.27. The maximum atomic E-state index is 12.9. The normalized spacial score (nSPS) is 10.3. The molecule has 3 aromatic rings. The van der Waals surface area contributed by atoms with Gasteiger partial charge in [-0.1, -0.05) is 6.07 Å². The Morgan fingerprint density at radius 1 is 0.812 bits per heavy atom. The molecule has 1 amide bonds. The molecule has 0 N–H and O–H groups in total. The van der Waals surface area contributed by atoms with Gasteiger partial charge < -0.3 is 9.64 Å². The van der Waals surface area contributed by atoms with Crippen molar-refractivity contribution in [3.05, 3.63) is 104 Å². The highest BCUT2D eigenvalue weighted by atomic mass is 16.6. The van der Waals surface area contributed by atoms with Gasteiger partial charge in [0.25, 0.3) is 17.3 Å². The quantitative estimate of drug-likeness (QED) is 0.244. The van der Waals surface area contributed by atoms with Crippen LogP contribution < -0.4 is 9.64 Å². The van der Waals surface area contributed by atoms with Crippen molar-refractivity contribution in [1.82, 2.24) is 0 Å². The summed E-state index contributed by atoms with van der Waals surface area (Å²) in [5.74, 6) is -1.09. The van der Waals surface area contributed by atoms with Crippen LogP contribution in [0.5, 0.6) is 5.75 Å². The van der Waals surface area contributed by atoms with Crippen LogP contribution in [0.2, 0.25) is 0 Å². The van der Waals surface area contributed by atoms with Gasteiger partial charge >= 0.3 is 5.97 Å². The Balaban J connectivity index is 1.86. The lowest BCUT2D eigenvalue weighted by atomic mass is 10.1. The molecule has 0 radical (unpaired) electrons. The molecule has 3 aromatic carbocycles. The number of esters is 1. The van der Waals surface area contributed by atoms with Crippen LogP contribution in [0.3, 0.4) is 0 Å². The van der Waals surface area contributed by atoms with Crippen LogP contribution in [0.4, 0.5) is 17.1 Å². The Kier molecular flexibility index (Phi) is 6.24. The molecular formula is C22H17N3O7. The summed E-state index contributed by atoms with van der Waals surface area (Å²) in [5.41, 5.74) is 1.09. The highest BCUT2D eigenvalue weighted by Crippen LogP contribution is 2.31. The fraction of sp³-hybridized carbons (Fsp3) is 0.0909. The molecule has 32 heavy (non-hydrogen) atoms. The van der Waals surface area contributed by atoms with Gasteiger partial charge in [0.1, 0.15) is 0 Å². The third-order valence-corrected chi connectivity index (χ3v) is 4.62. The number of rotatable bonds is 6. The molecule has 0 heterocycles. The number of hydrogen-bond acceptors (Lipinski definition) is 7. The number of aryl methyl sites for hydroxylation is 1. The highest BCUT2D eigenvalue weighted by Gasteiger charge is 2.21. The first-order chi connectivity index (χ1) is 15.2. The summed E-state index contributed by atoms with van der Waals surface area (Å²) in [6.07, 6.45) is 0. The summed E-state index contributed by atoms with van der Waals surface area (Å²) in [5, 5.41) is 21.6. The van der Waals surface area contributed by atoms with Crippen molar-refractivity contribution in [3.8, 4) is 5.75 Å². The monoisotopic (exact) mass is 435 g/mol. The third kappa shape index (κ3) is 4.75. The number of ether oxygens (including phenoxy) is 1. The SMILES string of the molecule is Cc1ccc(N(C)C(=O)c2ccc([N+](=O)[O-])cc2)c(OC(=O)c2ccc([N+](=O)[O-])cc2)c1. The Hall–Kier alpha value is -4.60. The number of hydrogen-bond donors (Lipinski definition) is 0. The van der Waals surface area contributed by atoms with Gasteiger partial charge in [-0.3, -0.25) is 25.0 Å². The third-order valence-electron chi connectivity index (χ3n) is 4.62. The number of amides is 1. The van der Waals surface area contributed by atoms with Crippen LogP contribution in [0, 0.1) is 27.2 Å².